The van der Waals surface area contributed by atoms with Gasteiger partial charge < -0.3 is 4.74 Å². The maximum atomic E-state index is 9.76. The van der Waals surface area contributed by atoms with Gasteiger partial charge in [-0.2, -0.15) is 0 Å². The molecule has 0 bridgehead atoms. The van der Waals surface area contributed by atoms with Crippen molar-refractivity contribution in [1.82, 2.24) is 0 Å². The van der Waals surface area contributed by atoms with E-state index in [-0.39, 0.29) is 6.10 Å². The van der Waals surface area contributed by atoms with E-state index >= 15 is 0 Å². The Kier molecular flexibility index (Phi) is 2.98. The first-order valence-electron chi connectivity index (χ1n) is 3.47. The minimum Gasteiger partial charge on any atom is -0.377 e. The van der Waals surface area contributed by atoms with E-state index < -0.39 is 0 Å². The lowest BCUT2D eigenvalue weighted by molar-refractivity contribution is -0.103. The smallest absolute Gasteiger partial charge is 0.192 e. The number of hydrogen-bond donors (Lipinski definition) is 0. The van der Waals surface area contributed by atoms with Gasteiger partial charge in [0.05, 0.1) is 6.10 Å². The number of carbonyl (C=O) groups excluding carboxylic acids is 1. The van der Waals surface area contributed by atoms with E-state index in [1.807, 2.05) is 0 Å². The third-order valence-electron chi connectivity index (χ3n) is 1.51. The van der Waals surface area contributed by atoms with Crippen LogP contribution in [0.5, 0.6) is 0 Å². The summed E-state index contributed by atoms with van der Waals surface area (Å²) in [5.41, 5.74) is 0. The molecule has 0 N–H and O–H groups in total. The summed E-state index contributed by atoms with van der Waals surface area (Å²) in [6.45, 7) is 0.855. The van der Waals surface area contributed by atoms with Crippen molar-refractivity contribution in [3.8, 4) is 11.8 Å². The number of hydrogen-bond acceptors (Lipinski definition) is 2. The van der Waals surface area contributed by atoms with Gasteiger partial charge >= 0.3 is 0 Å². The Morgan fingerprint density at radius 3 is 3.20 bits per heavy atom. The monoisotopic (exact) mass is 138 g/mol. The van der Waals surface area contributed by atoms with Crippen molar-refractivity contribution in [2.24, 2.45) is 0 Å². The first-order valence-corrected chi connectivity index (χ1v) is 3.47. The molecule has 54 valence electrons. The van der Waals surface area contributed by atoms with Gasteiger partial charge in [0.2, 0.25) is 0 Å². The lowest BCUT2D eigenvalue weighted by Crippen LogP contribution is -2.02. The lowest BCUT2D eigenvalue weighted by Gasteiger charge is -2.01. The topological polar surface area (TPSA) is 26.3 Å². The zero-order valence-corrected chi connectivity index (χ0v) is 5.80. The Hall–Kier alpha value is -0.810. The van der Waals surface area contributed by atoms with Crippen molar-refractivity contribution in [2.45, 2.75) is 25.4 Å². The second-order valence-electron chi connectivity index (χ2n) is 2.28. The van der Waals surface area contributed by atoms with E-state index in [0.29, 0.717) is 12.7 Å². The van der Waals surface area contributed by atoms with E-state index in [1.165, 1.54) is 0 Å². The van der Waals surface area contributed by atoms with E-state index in [1.54, 1.807) is 0 Å². The van der Waals surface area contributed by atoms with Crippen LogP contribution in [0.2, 0.25) is 0 Å². The predicted molar refractivity (Wildman–Crippen MR) is 37.4 cm³/mol. The maximum absolute atomic E-state index is 9.76. The Labute approximate surface area is 60.6 Å². The first-order chi connectivity index (χ1) is 4.93. The molecular formula is C8H10O2. The lowest BCUT2D eigenvalue weighted by atomic mass is 10.2. The molecular weight excluding hydrogens is 128 g/mol. The molecule has 1 rings (SSSR count). The van der Waals surface area contributed by atoms with E-state index in [4.69, 9.17) is 4.74 Å². The molecule has 1 aliphatic heterocycles. The largest absolute Gasteiger partial charge is 0.377 e. The fourth-order valence-corrected chi connectivity index (χ4v) is 1.02. The van der Waals surface area contributed by atoms with Crippen molar-refractivity contribution < 1.29 is 9.53 Å². The van der Waals surface area contributed by atoms with Gasteiger partial charge in [0.25, 0.3) is 0 Å². The van der Waals surface area contributed by atoms with Crippen LogP contribution in [-0.4, -0.2) is 19.0 Å². The van der Waals surface area contributed by atoms with Crippen LogP contribution >= 0.6 is 0 Å². The molecule has 0 aromatic carbocycles. The molecule has 2 nitrogen and oxygen atoms in total. The predicted octanol–water partition coefficient (Wildman–Crippen LogP) is 0.758. The number of ether oxygens (including phenoxy) is 1. The van der Waals surface area contributed by atoms with Crippen LogP contribution in [0.4, 0.5) is 0 Å². The summed E-state index contributed by atoms with van der Waals surface area (Å²) >= 11 is 0. The average Bonchev–Trinajstić information content (AvgIpc) is 2.41. The highest BCUT2D eigenvalue weighted by atomic mass is 16.5. The number of rotatable bonds is 1. The Morgan fingerprint density at radius 1 is 1.70 bits per heavy atom. The molecule has 1 heterocycles. The molecule has 1 saturated heterocycles. The van der Waals surface area contributed by atoms with Crippen molar-refractivity contribution in [2.75, 3.05) is 6.61 Å². The Bertz CT molecular complexity index is 158. The van der Waals surface area contributed by atoms with Gasteiger partial charge in [0.1, 0.15) is 0 Å². The Morgan fingerprint density at radius 2 is 2.60 bits per heavy atom. The highest BCUT2D eigenvalue weighted by Crippen LogP contribution is 2.13. The van der Waals surface area contributed by atoms with Gasteiger partial charge in [-0.3, -0.25) is 4.79 Å². The summed E-state index contributed by atoms with van der Waals surface area (Å²) in [5.74, 6) is 5.10. The quantitative estimate of drug-likeness (QED) is 0.395. The van der Waals surface area contributed by atoms with Crippen LogP contribution in [0.3, 0.4) is 0 Å². The Balaban J connectivity index is 2.18. The van der Waals surface area contributed by atoms with Gasteiger partial charge in [-0.25, -0.2) is 0 Å². The highest BCUT2D eigenvalue weighted by molar-refractivity contribution is 5.72. The molecule has 0 radical (unpaired) electrons. The van der Waals surface area contributed by atoms with Crippen LogP contribution in [0.25, 0.3) is 0 Å². The second kappa shape index (κ2) is 4.08. The van der Waals surface area contributed by atoms with Crippen LogP contribution < -0.4 is 0 Å². The molecule has 2 heteroatoms. The van der Waals surface area contributed by atoms with Crippen molar-refractivity contribution in [3.63, 3.8) is 0 Å². The molecule has 1 aliphatic rings. The van der Waals surface area contributed by atoms with Gasteiger partial charge in [0.15, 0.2) is 6.29 Å². The summed E-state index contributed by atoms with van der Waals surface area (Å²) < 4.78 is 5.28. The zero-order valence-electron chi connectivity index (χ0n) is 5.80. The van der Waals surface area contributed by atoms with E-state index in [2.05, 4.69) is 11.8 Å². The van der Waals surface area contributed by atoms with Gasteiger partial charge in [0, 0.05) is 13.0 Å². The zero-order chi connectivity index (χ0) is 7.23. The summed E-state index contributed by atoms with van der Waals surface area (Å²) in [5, 5.41) is 0. The van der Waals surface area contributed by atoms with E-state index in [9.17, 15) is 4.79 Å². The molecule has 0 aliphatic carbocycles. The van der Waals surface area contributed by atoms with Crippen LogP contribution in [-0.2, 0) is 9.53 Å². The molecule has 1 unspecified atom stereocenters. The molecule has 1 atom stereocenters. The summed E-state index contributed by atoms with van der Waals surface area (Å²) in [6, 6.07) is 0. The second-order valence-corrected chi connectivity index (χ2v) is 2.28. The molecule has 1 fully saturated rings. The molecule has 0 saturated carbocycles. The highest BCUT2D eigenvalue weighted by Gasteiger charge is 2.12. The molecule has 0 amide bonds. The standard InChI is InChI=1S/C8H10O2/c9-6-2-1-4-8-5-3-7-10-8/h6,8H,3-5,7H2. The average molecular weight is 138 g/mol. The summed E-state index contributed by atoms with van der Waals surface area (Å²) in [4.78, 5) is 9.76. The SMILES string of the molecule is O=CC#CCC1CCCO1. The van der Waals surface area contributed by atoms with E-state index in [0.717, 1.165) is 19.4 Å². The van der Waals surface area contributed by atoms with Gasteiger partial charge in [-0.1, -0.05) is 5.92 Å². The molecule has 0 aromatic heterocycles. The first kappa shape index (κ1) is 7.30. The summed E-state index contributed by atoms with van der Waals surface area (Å²) in [7, 11) is 0. The fourth-order valence-electron chi connectivity index (χ4n) is 1.02. The number of aldehydes is 1. The van der Waals surface area contributed by atoms with Crippen molar-refractivity contribution in [1.29, 1.82) is 0 Å². The van der Waals surface area contributed by atoms with Crippen LogP contribution in [0, 0.1) is 11.8 Å². The van der Waals surface area contributed by atoms with Crippen LogP contribution in [0.15, 0.2) is 0 Å². The van der Waals surface area contributed by atoms with Gasteiger partial charge in [-0.15, -0.1) is 0 Å². The number of carbonyl (C=O) groups is 1. The minimum atomic E-state index is 0.285. The van der Waals surface area contributed by atoms with Crippen LogP contribution in [0.1, 0.15) is 19.3 Å². The normalized spacial score (nSPS) is 23.4. The molecule has 0 aromatic rings. The third kappa shape index (κ3) is 2.20. The molecule has 10 heavy (non-hydrogen) atoms. The fraction of sp³-hybridized carbons (Fsp3) is 0.625. The molecule has 0 spiro atoms. The minimum absolute atomic E-state index is 0.285. The summed E-state index contributed by atoms with van der Waals surface area (Å²) in [6.07, 6.45) is 3.83. The van der Waals surface area contributed by atoms with Crippen molar-refractivity contribution in [3.05, 3.63) is 0 Å². The van der Waals surface area contributed by atoms with Gasteiger partial charge in [-0.05, 0) is 18.8 Å². The third-order valence-corrected chi connectivity index (χ3v) is 1.51. The maximum Gasteiger partial charge on any atom is 0.192 e. The van der Waals surface area contributed by atoms with Crippen molar-refractivity contribution >= 4 is 6.29 Å².